The summed E-state index contributed by atoms with van der Waals surface area (Å²) in [6.07, 6.45) is 8.49. The van der Waals surface area contributed by atoms with Gasteiger partial charge in [-0.3, -0.25) is 4.79 Å². The van der Waals surface area contributed by atoms with Gasteiger partial charge in [0.2, 0.25) is 0 Å². The van der Waals surface area contributed by atoms with Crippen LogP contribution in [0, 0.1) is 5.92 Å². The number of urea groups is 1. The highest BCUT2D eigenvalue weighted by Gasteiger charge is 2.34. The Labute approximate surface area is 138 Å². The molecular weight excluding hydrogens is 288 g/mol. The first-order valence-corrected chi connectivity index (χ1v) is 8.84. The third-order valence-corrected chi connectivity index (χ3v) is 5.27. The summed E-state index contributed by atoms with van der Waals surface area (Å²) in [5.74, 6) is 0.684. The molecule has 0 bridgehead atoms. The molecule has 1 aliphatic carbocycles. The Kier molecular flexibility index (Phi) is 4.99. The van der Waals surface area contributed by atoms with Gasteiger partial charge < -0.3 is 10.2 Å². The van der Waals surface area contributed by atoms with Gasteiger partial charge in [-0.2, -0.15) is 0 Å². The quantitative estimate of drug-likeness (QED) is 0.819. The Bertz CT molecular complexity index is 584. The van der Waals surface area contributed by atoms with Crippen molar-refractivity contribution < 1.29 is 9.59 Å². The molecule has 0 unspecified atom stereocenters. The number of nitrogens with zero attached hydrogens (tertiary/aromatic N) is 1. The maximum absolute atomic E-state index is 12.8. The third-order valence-electron chi connectivity index (χ3n) is 5.27. The molecule has 0 spiro atoms. The first-order chi connectivity index (χ1) is 11.1. The van der Waals surface area contributed by atoms with E-state index in [1.807, 2.05) is 12.1 Å². The van der Waals surface area contributed by atoms with Crippen LogP contribution in [-0.4, -0.2) is 29.3 Å². The largest absolute Gasteiger partial charge is 0.322 e. The zero-order chi connectivity index (χ0) is 16.2. The summed E-state index contributed by atoms with van der Waals surface area (Å²) in [6, 6.07) is 7.59. The van der Waals surface area contributed by atoms with Crippen LogP contribution in [-0.2, 0) is 0 Å². The molecule has 2 amide bonds. The Morgan fingerprint density at radius 2 is 1.83 bits per heavy atom. The van der Waals surface area contributed by atoms with E-state index in [4.69, 9.17) is 0 Å². The number of benzene rings is 1. The molecule has 3 rings (SSSR count). The number of likely N-dealkylation sites (tertiary alicyclic amines) is 1. The molecule has 4 heteroatoms. The van der Waals surface area contributed by atoms with Gasteiger partial charge >= 0.3 is 6.03 Å². The summed E-state index contributed by atoms with van der Waals surface area (Å²) in [4.78, 5) is 26.3. The van der Waals surface area contributed by atoms with Crippen LogP contribution in [0.3, 0.4) is 0 Å². The average Bonchev–Trinajstić information content (AvgIpc) is 2.77. The van der Waals surface area contributed by atoms with Crippen molar-refractivity contribution in [2.24, 2.45) is 5.92 Å². The van der Waals surface area contributed by atoms with Crippen LogP contribution in [0.25, 0.3) is 0 Å². The van der Waals surface area contributed by atoms with Crippen molar-refractivity contribution in [2.75, 3.05) is 11.9 Å². The first-order valence-electron chi connectivity index (χ1n) is 8.84. The number of anilines is 1. The maximum Gasteiger partial charge on any atom is 0.322 e. The lowest BCUT2D eigenvalue weighted by atomic mass is 9.82. The van der Waals surface area contributed by atoms with Crippen molar-refractivity contribution in [3.63, 3.8) is 0 Å². The lowest BCUT2D eigenvalue weighted by Crippen LogP contribution is -2.47. The Balaban J connectivity index is 1.73. The minimum Gasteiger partial charge on any atom is -0.321 e. The van der Waals surface area contributed by atoms with E-state index in [0.29, 0.717) is 23.2 Å². The van der Waals surface area contributed by atoms with Crippen molar-refractivity contribution in [3.8, 4) is 0 Å². The molecule has 124 valence electrons. The van der Waals surface area contributed by atoms with E-state index in [-0.39, 0.29) is 11.8 Å². The standard InChI is InChI=1S/C19H26N2O2/c1-14(22)16-9-6-10-17(13-16)20-19(23)21-12-5-4-8-15-7-2-3-11-18(15)21/h6,9-10,13,15,18H,2-5,7-8,11-12H2,1H3,(H,20,23)/t15-,18-/m1/s1. The smallest absolute Gasteiger partial charge is 0.321 e. The molecule has 1 aromatic rings. The predicted molar refractivity (Wildman–Crippen MR) is 91.8 cm³/mol. The highest BCUT2D eigenvalue weighted by Crippen LogP contribution is 2.34. The zero-order valence-electron chi connectivity index (χ0n) is 13.9. The average molecular weight is 314 g/mol. The van der Waals surface area contributed by atoms with Gasteiger partial charge in [0.1, 0.15) is 0 Å². The van der Waals surface area contributed by atoms with E-state index >= 15 is 0 Å². The SMILES string of the molecule is CC(=O)c1cccc(NC(=O)N2CCCC[C@H]3CCCC[C@H]32)c1. The van der Waals surface area contributed by atoms with Gasteiger partial charge in [0, 0.05) is 23.8 Å². The van der Waals surface area contributed by atoms with Crippen LogP contribution in [0.5, 0.6) is 0 Å². The second kappa shape index (κ2) is 7.16. The molecule has 0 aromatic heterocycles. The second-order valence-corrected chi connectivity index (χ2v) is 6.87. The van der Waals surface area contributed by atoms with E-state index in [1.54, 1.807) is 19.1 Å². The summed E-state index contributed by atoms with van der Waals surface area (Å²) in [5.41, 5.74) is 1.34. The van der Waals surface area contributed by atoms with E-state index in [9.17, 15) is 9.59 Å². The van der Waals surface area contributed by atoms with Crippen molar-refractivity contribution in [2.45, 2.75) is 57.9 Å². The molecule has 1 saturated carbocycles. The van der Waals surface area contributed by atoms with Crippen molar-refractivity contribution in [3.05, 3.63) is 29.8 Å². The molecule has 1 heterocycles. The summed E-state index contributed by atoms with van der Waals surface area (Å²) < 4.78 is 0. The lowest BCUT2D eigenvalue weighted by molar-refractivity contribution is 0.101. The Morgan fingerprint density at radius 1 is 1.09 bits per heavy atom. The van der Waals surface area contributed by atoms with E-state index in [1.165, 1.54) is 32.1 Å². The monoisotopic (exact) mass is 314 g/mol. The first kappa shape index (κ1) is 16.0. The number of hydrogen-bond donors (Lipinski definition) is 1. The van der Waals surface area contributed by atoms with Crippen LogP contribution in [0.15, 0.2) is 24.3 Å². The highest BCUT2D eigenvalue weighted by molar-refractivity contribution is 5.96. The van der Waals surface area contributed by atoms with Crippen LogP contribution in [0.4, 0.5) is 10.5 Å². The number of Topliss-reactive ketones (excluding diaryl/α,β-unsaturated/α-hetero) is 1. The van der Waals surface area contributed by atoms with Crippen LogP contribution < -0.4 is 5.32 Å². The third kappa shape index (κ3) is 3.74. The van der Waals surface area contributed by atoms with Crippen LogP contribution in [0.1, 0.15) is 62.2 Å². The number of carbonyl (C=O) groups excluding carboxylic acids is 2. The van der Waals surface area contributed by atoms with Gasteiger partial charge in [-0.05, 0) is 50.7 Å². The Morgan fingerprint density at radius 3 is 2.61 bits per heavy atom. The molecule has 23 heavy (non-hydrogen) atoms. The number of hydrogen-bond acceptors (Lipinski definition) is 2. The lowest BCUT2D eigenvalue weighted by Gasteiger charge is -2.38. The number of fused-ring (bicyclic) bond motifs is 1. The summed E-state index contributed by atoms with van der Waals surface area (Å²) in [6.45, 7) is 2.39. The fourth-order valence-electron chi connectivity index (χ4n) is 4.05. The summed E-state index contributed by atoms with van der Waals surface area (Å²) in [7, 11) is 0. The molecule has 2 atom stereocenters. The fraction of sp³-hybridized carbons (Fsp3) is 0.579. The molecular formula is C19H26N2O2. The van der Waals surface area contributed by atoms with E-state index in [2.05, 4.69) is 10.2 Å². The number of rotatable bonds is 2. The molecule has 2 aliphatic rings. The van der Waals surface area contributed by atoms with Crippen molar-refractivity contribution in [1.29, 1.82) is 0 Å². The molecule has 4 nitrogen and oxygen atoms in total. The normalized spacial score (nSPS) is 24.5. The summed E-state index contributed by atoms with van der Waals surface area (Å²) >= 11 is 0. The van der Waals surface area contributed by atoms with Gasteiger partial charge in [-0.15, -0.1) is 0 Å². The molecule has 1 saturated heterocycles. The zero-order valence-corrected chi connectivity index (χ0v) is 13.9. The van der Waals surface area contributed by atoms with Gasteiger partial charge in [-0.1, -0.05) is 31.4 Å². The van der Waals surface area contributed by atoms with Crippen LogP contribution in [0.2, 0.25) is 0 Å². The fourth-order valence-corrected chi connectivity index (χ4v) is 4.05. The number of carbonyl (C=O) groups is 2. The number of ketones is 1. The van der Waals surface area contributed by atoms with E-state index < -0.39 is 0 Å². The number of nitrogens with one attached hydrogen (secondary N) is 1. The minimum absolute atomic E-state index is 0.00972. The predicted octanol–water partition coefficient (Wildman–Crippen LogP) is 4.47. The van der Waals surface area contributed by atoms with E-state index in [0.717, 1.165) is 19.4 Å². The van der Waals surface area contributed by atoms with Gasteiger partial charge in [0.15, 0.2) is 5.78 Å². The molecule has 1 aromatic carbocycles. The summed E-state index contributed by atoms with van der Waals surface area (Å²) in [5, 5.41) is 3.00. The maximum atomic E-state index is 12.8. The van der Waals surface area contributed by atoms with Crippen molar-refractivity contribution >= 4 is 17.5 Å². The molecule has 0 radical (unpaired) electrons. The molecule has 1 aliphatic heterocycles. The molecule has 1 N–H and O–H groups in total. The van der Waals surface area contributed by atoms with Gasteiger partial charge in [-0.25, -0.2) is 4.79 Å². The van der Waals surface area contributed by atoms with Gasteiger partial charge in [0.05, 0.1) is 0 Å². The van der Waals surface area contributed by atoms with Crippen LogP contribution >= 0.6 is 0 Å². The Hall–Kier alpha value is -1.84. The number of amides is 2. The second-order valence-electron chi connectivity index (χ2n) is 6.87. The minimum atomic E-state index is -0.00972. The highest BCUT2D eigenvalue weighted by atomic mass is 16.2. The molecule has 2 fully saturated rings. The van der Waals surface area contributed by atoms with Gasteiger partial charge in [0.25, 0.3) is 0 Å². The van der Waals surface area contributed by atoms with Crippen molar-refractivity contribution in [1.82, 2.24) is 4.90 Å². The topological polar surface area (TPSA) is 49.4 Å².